The van der Waals surface area contributed by atoms with E-state index in [4.69, 9.17) is 0 Å². The Morgan fingerprint density at radius 1 is 1.29 bits per heavy atom. The second kappa shape index (κ2) is 9.67. The van der Waals surface area contributed by atoms with E-state index in [0.29, 0.717) is 6.04 Å². The van der Waals surface area contributed by atoms with Crippen LogP contribution >= 0.6 is 0 Å². The van der Waals surface area contributed by atoms with Gasteiger partial charge in [0.25, 0.3) is 0 Å². The van der Waals surface area contributed by atoms with Crippen LogP contribution in [0.5, 0.6) is 0 Å². The summed E-state index contributed by atoms with van der Waals surface area (Å²) in [6.45, 7) is 11.1. The topological polar surface area (TPSA) is 39.7 Å². The van der Waals surface area contributed by atoms with Crippen molar-refractivity contribution < 1.29 is 0 Å². The van der Waals surface area contributed by atoms with Crippen LogP contribution in [0.3, 0.4) is 0 Å². The number of aliphatic imine (C=N–C) groups is 1. The number of rotatable bonds is 6. The van der Waals surface area contributed by atoms with E-state index >= 15 is 0 Å². The Hall–Kier alpha value is -1.55. The molecule has 1 aliphatic rings. The molecule has 0 bridgehead atoms. The minimum atomic E-state index is 0.434. The Morgan fingerprint density at radius 2 is 2.00 bits per heavy atom. The molecule has 1 aromatic rings. The van der Waals surface area contributed by atoms with Crippen LogP contribution in [0.15, 0.2) is 29.3 Å². The monoisotopic (exact) mass is 330 g/mol. The van der Waals surface area contributed by atoms with E-state index in [9.17, 15) is 0 Å². The van der Waals surface area contributed by atoms with Crippen molar-refractivity contribution in [2.45, 2.75) is 59.2 Å². The molecule has 4 heteroatoms. The van der Waals surface area contributed by atoms with Gasteiger partial charge in [0.2, 0.25) is 0 Å². The van der Waals surface area contributed by atoms with Gasteiger partial charge >= 0.3 is 0 Å². The van der Waals surface area contributed by atoms with Crippen LogP contribution in [0.4, 0.5) is 0 Å². The lowest BCUT2D eigenvalue weighted by Gasteiger charge is -2.30. The summed E-state index contributed by atoms with van der Waals surface area (Å²) >= 11 is 0. The molecular weight excluding hydrogens is 296 g/mol. The predicted octanol–water partition coefficient (Wildman–Crippen LogP) is 3.38. The summed E-state index contributed by atoms with van der Waals surface area (Å²) in [7, 11) is 1.82. The molecule has 1 unspecified atom stereocenters. The van der Waals surface area contributed by atoms with Gasteiger partial charge in [0.05, 0.1) is 0 Å². The normalized spacial score (nSPS) is 18.4. The van der Waals surface area contributed by atoms with E-state index in [1.54, 1.807) is 0 Å². The van der Waals surface area contributed by atoms with E-state index in [1.165, 1.54) is 37.1 Å². The maximum atomic E-state index is 4.30. The number of likely N-dealkylation sites (tertiary alicyclic amines) is 1. The molecule has 24 heavy (non-hydrogen) atoms. The zero-order valence-corrected chi connectivity index (χ0v) is 15.8. The molecule has 2 rings (SSSR count). The summed E-state index contributed by atoms with van der Waals surface area (Å²) in [6, 6.07) is 9.36. The maximum absolute atomic E-state index is 4.30. The van der Waals surface area contributed by atoms with Crippen molar-refractivity contribution in [2.75, 3.05) is 20.1 Å². The average Bonchev–Trinajstić information content (AvgIpc) is 2.60. The van der Waals surface area contributed by atoms with Gasteiger partial charge < -0.3 is 10.6 Å². The fraction of sp³-hybridized carbons (Fsp3) is 0.650. The molecule has 134 valence electrons. The van der Waals surface area contributed by atoms with Crippen molar-refractivity contribution in [1.82, 2.24) is 15.5 Å². The van der Waals surface area contributed by atoms with E-state index in [-0.39, 0.29) is 0 Å². The standard InChI is InChI=1S/C20H34N4/c1-5-17(3)23-20(21-4)22-14-18-7-6-8-19(13-18)15-24-11-9-16(2)10-12-24/h6-8,13,16-17H,5,9-12,14-15H2,1-4H3,(H2,21,22,23). The summed E-state index contributed by atoms with van der Waals surface area (Å²) in [5, 5.41) is 6.81. The molecular formula is C20H34N4. The lowest BCUT2D eigenvalue weighted by Crippen LogP contribution is -2.41. The van der Waals surface area contributed by atoms with Crippen molar-refractivity contribution in [2.24, 2.45) is 10.9 Å². The molecule has 0 aromatic heterocycles. The van der Waals surface area contributed by atoms with Gasteiger partial charge in [-0.05, 0) is 56.3 Å². The SMILES string of the molecule is CCC(C)NC(=NC)NCc1cccc(CN2CCC(C)CC2)c1. The number of piperidine rings is 1. The summed E-state index contributed by atoms with van der Waals surface area (Å²) in [5.41, 5.74) is 2.72. The third kappa shape index (κ3) is 6.16. The largest absolute Gasteiger partial charge is 0.354 e. The maximum Gasteiger partial charge on any atom is 0.191 e. The van der Waals surface area contributed by atoms with Crippen LogP contribution in [-0.4, -0.2) is 37.0 Å². The molecule has 4 nitrogen and oxygen atoms in total. The third-order valence-corrected chi connectivity index (χ3v) is 4.95. The highest BCUT2D eigenvalue weighted by atomic mass is 15.2. The van der Waals surface area contributed by atoms with E-state index in [2.05, 4.69) is 65.6 Å². The number of hydrogen-bond acceptors (Lipinski definition) is 2. The van der Waals surface area contributed by atoms with Crippen molar-refractivity contribution in [1.29, 1.82) is 0 Å². The van der Waals surface area contributed by atoms with Crippen molar-refractivity contribution in [3.8, 4) is 0 Å². The molecule has 2 N–H and O–H groups in total. The highest BCUT2D eigenvalue weighted by molar-refractivity contribution is 5.79. The third-order valence-electron chi connectivity index (χ3n) is 4.95. The van der Waals surface area contributed by atoms with Crippen LogP contribution in [0, 0.1) is 5.92 Å². The Labute approximate surface area is 147 Å². The molecule has 0 aliphatic carbocycles. The molecule has 1 saturated heterocycles. The second-order valence-electron chi connectivity index (χ2n) is 7.16. The summed E-state index contributed by atoms with van der Waals surface area (Å²) < 4.78 is 0. The second-order valence-corrected chi connectivity index (χ2v) is 7.16. The number of guanidine groups is 1. The summed E-state index contributed by atoms with van der Waals surface area (Å²) in [4.78, 5) is 6.88. The first-order valence-corrected chi connectivity index (χ1v) is 9.38. The fourth-order valence-corrected chi connectivity index (χ4v) is 3.03. The van der Waals surface area contributed by atoms with E-state index < -0.39 is 0 Å². The first-order chi connectivity index (χ1) is 11.6. The van der Waals surface area contributed by atoms with Crippen LogP contribution in [0.25, 0.3) is 0 Å². The molecule has 1 aromatic carbocycles. The Kier molecular flexibility index (Phi) is 7.57. The molecule has 1 atom stereocenters. The number of nitrogens with one attached hydrogen (secondary N) is 2. The highest BCUT2D eigenvalue weighted by Gasteiger charge is 2.15. The first kappa shape index (κ1) is 18.8. The number of hydrogen-bond donors (Lipinski definition) is 2. The van der Waals surface area contributed by atoms with Gasteiger partial charge in [-0.25, -0.2) is 0 Å². The van der Waals surface area contributed by atoms with Gasteiger partial charge in [0, 0.05) is 26.2 Å². The molecule has 1 fully saturated rings. The number of benzene rings is 1. The van der Waals surface area contributed by atoms with Crippen LogP contribution in [0.2, 0.25) is 0 Å². The summed E-state index contributed by atoms with van der Waals surface area (Å²) in [6.07, 6.45) is 3.75. The minimum Gasteiger partial charge on any atom is -0.354 e. The average molecular weight is 331 g/mol. The Morgan fingerprint density at radius 3 is 2.67 bits per heavy atom. The number of nitrogens with zero attached hydrogens (tertiary/aromatic N) is 2. The summed E-state index contributed by atoms with van der Waals surface area (Å²) in [5.74, 6) is 1.77. The molecule has 1 aliphatic heterocycles. The smallest absolute Gasteiger partial charge is 0.191 e. The van der Waals surface area contributed by atoms with Crippen LogP contribution < -0.4 is 10.6 Å². The van der Waals surface area contributed by atoms with Crippen molar-refractivity contribution >= 4 is 5.96 Å². The Balaban J connectivity index is 1.85. The molecule has 1 heterocycles. The lowest BCUT2D eigenvalue weighted by atomic mass is 9.98. The molecule has 0 spiro atoms. The van der Waals surface area contributed by atoms with Gasteiger partial charge in [-0.15, -0.1) is 0 Å². The van der Waals surface area contributed by atoms with Crippen molar-refractivity contribution in [3.63, 3.8) is 0 Å². The Bertz CT molecular complexity index is 518. The quantitative estimate of drug-likeness (QED) is 0.620. The predicted molar refractivity (Wildman–Crippen MR) is 103 cm³/mol. The zero-order chi connectivity index (χ0) is 17.4. The zero-order valence-electron chi connectivity index (χ0n) is 15.8. The van der Waals surface area contributed by atoms with Crippen molar-refractivity contribution in [3.05, 3.63) is 35.4 Å². The van der Waals surface area contributed by atoms with Crippen LogP contribution in [-0.2, 0) is 13.1 Å². The van der Waals surface area contributed by atoms with Gasteiger partial charge in [0.1, 0.15) is 0 Å². The van der Waals surface area contributed by atoms with Gasteiger partial charge in [-0.1, -0.05) is 38.1 Å². The minimum absolute atomic E-state index is 0.434. The van der Waals surface area contributed by atoms with E-state index in [0.717, 1.165) is 31.4 Å². The molecule has 0 saturated carbocycles. The van der Waals surface area contributed by atoms with E-state index in [1.807, 2.05) is 7.05 Å². The van der Waals surface area contributed by atoms with Gasteiger partial charge in [-0.2, -0.15) is 0 Å². The van der Waals surface area contributed by atoms with Gasteiger partial charge in [0.15, 0.2) is 5.96 Å². The molecule has 0 radical (unpaired) electrons. The van der Waals surface area contributed by atoms with Crippen LogP contribution in [0.1, 0.15) is 51.2 Å². The van der Waals surface area contributed by atoms with Gasteiger partial charge in [-0.3, -0.25) is 9.89 Å². The first-order valence-electron chi connectivity index (χ1n) is 9.38. The lowest BCUT2D eigenvalue weighted by molar-refractivity contribution is 0.185. The fourth-order valence-electron chi connectivity index (χ4n) is 3.03. The highest BCUT2D eigenvalue weighted by Crippen LogP contribution is 2.18. The molecule has 0 amide bonds.